The highest BCUT2D eigenvalue weighted by molar-refractivity contribution is 5.76. The molecule has 4 atom stereocenters. The summed E-state index contributed by atoms with van der Waals surface area (Å²) >= 11 is 0. The van der Waals surface area contributed by atoms with Crippen molar-refractivity contribution in [3.8, 4) is 11.5 Å². The van der Waals surface area contributed by atoms with Crippen molar-refractivity contribution < 1.29 is 28.9 Å². The van der Waals surface area contributed by atoms with Gasteiger partial charge in [0, 0.05) is 32.4 Å². The van der Waals surface area contributed by atoms with Gasteiger partial charge < -0.3 is 24.2 Å². The number of nitrogens with zero attached hydrogens (tertiary/aromatic N) is 1. The number of carbonyl (C=O) groups is 2. The fourth-order valence-electron chi connectivity index (χ4n) is 5.92. The Hall–Kier alpha value is -2.54. The van der Waals surface area contributed by atoms with Crippen LogP contribution in [0.4, 0.5) is 0 Å². The molecule has 7 nitrogen and oxygen atoms in total. The van der Waals surface area contributed by atoms with Crippen molar-refractivity contribution >= 4 is 11.9 Å². The van der Waals surface area contributed by atoms with Gasteiger partial charge in [0.05, 0.1) is 18.6 Å². The zero-order valence-electron chi connectivity index (χ0n) is 16.2. The topological polar surface area (TPSA) is 85.3 Å². The third kappa shape index (κ3) is 1.87. The third-order valence-corrected chi connectivity index (χ3v) is 6.96. The van der Waals surface area contributed by atoms with Crippen molar-refractivity contribution in [1.29, 1.82) is 0 Å². The molecule has 1 amide bonds. The number of ether oxygens (including phenoxy) is 3. The average Bonchev–Trinajstić information content (AvgIpc) is 2.98. The molecule has 148 valence electrons. The van der Waals surface area contributed by atoms with Gasteiger partial charge in [0.1, 0.15) is 11.4 Å². The molecule has 1 N–H and O–H groups in total. The van der Waals surface area contributed by atoms with Gasteiger partial charge in [0.2, 0.25) is 5.91 Å². The molecule has 7 heteroatoms. The van der Waals surface area contributed by atoms with Crippen LogP contribution < -0.4 is 9.47 Å². The molecule has 5 rings (SSSR count). The maximum absolute atomic E-state index is 12.3. The van der Waals surface area contributed by atoms with E-state index >= 15 is 0 Å². The fraction of sp³-hybridized carbons (Fsp3) is 0.524. The Labute approximate surface area is 162 Å². The van der Waals surface area contributed by atoms with E-state index in [0.29, 0.717) is 43.1 Å². The van der Waals surface area contributed by atoms with Crippen LogP contribution in [0.3, 0.4) is 0 Å². The standard InChI is InChI=1S/C21H23NO6/c1-11(23)22-9-8-20-17-13-4-5-14(26-3)18(17)28-19(20)15(27-12(2)24)6-7-21(20,25)16(22)10-13/h4-6,16,19,25H,7-10H2,1-3H3/t16-,19+,20+,21-/m1/s1. The Kier molecular flexibility index (Phi) is 3.45. The average molecular weight is 385 g/mol. The Morgan fingerprint density at radius 3 is 2.79 bits per heavy atom. The molecular formula is C21H23NO6. The Bertz CT molecular complexity index is 939. The lowest BCUT2D eigenvalue weighted by Gasteiger charge is -2.61. The number of esters is 1. The molecule has 1 saturated heterocycles. The van der Waals surface area contributed by atoms with Gasteiger partial charge in [-0.1, -0.05) is 6.07 Å². The van der Waals surface area contributed by atoms with E-state index in [0.717, 1.165) is 11.1 Å². The van der Waals surface area contributed by atoms with Crippen LogP contribution in [0.5, 0.6) is 11.5 Å². The van der Waals surface area contributed by atoms with Crippen LogP contribution in [-0.4, -0.2) is 53.3 Å². The first-order chi connectivity index (χ1) is 13.3. The van der Waals surface area contributed by atoms with Crippen LogP contribution in [0, 0.1) is 0 Å². The summed E-state index contributed by atoms with van der Waals surface area (Å²) in [4.78, 5) is 25.8. The van der Waals surface area contributed by atoms with Crippen molar-refractivity contribution in [3.63, 3.8) is 0 Å². The number of aliphatic hydroxyl groups is 1. The van der Waals surface area contributed by atoms with E-state index < -0.39 is 23.1 Å². The Morgan fingerprint density at radius 1 is 1.32 bits per heavy atom. The van der Waals surface area contributed by atoms with Gasteiger partial charge in [-0.25, -0.2) is 0 Å². The predicted molar refractivity (Wildman–Crippen MR) is 98.0 cm³/mol. The van der Waals surface area contributed by atoms with E-state index in [1.54, 1.807) is 25.0 Å². The number of likely N-dealkylation sites (tertiary alicyclic amines) is 1. The number of methoxy groups -OCH3 is 1. The summed E-state index contributed by atoms with van der Waals surface area (Å²) in [6.45, 7) is 3.42. The highest BCUT2D eigenvalue weighted by Gasteiger charge is 2.72. The van der Waals surface area contributed by atoms with Crippen LogP contribution in [-0.2, 0) is 26.2 Å². The second-order valence-electron chi connectivity index (χ2n) is 8.11. The molecule has 4 aliphatic rings. The summed E-state index contributed by atoms with van der Waals surface area (Å²) in [5.74, 6) is 1.17. The summed E-state index contributed by atoms with van der Waals surface area (Å²) < 4.78 is 17.4. The first-order valence-corrected chi connectivity index (χ1v) is 9.58. The van der Waals surface area contributed by atoms with E-state index in [-0.39, 0.29) is 11.9 Å². The second kappa shape index (κ2) is 5.50. The minimum absolute atomic E-state index is 0.0457. The fourth-order valence-corrected chi connectivity index (χ4v) is 5.92. The maximum Gasteiger partial charge on any atom is 0.307 e. The summed E-state index contributed by atoms with van der Waals surface area (Å²) in [6.07, 6.45) is 2.48. The van der Waals surface area contributed by atoms with E-state index in [1.165, 1.54) is 6.92 Å². The number of rotatable bonds is 2. The van der Waals surface area contributed by atoms with Crippen molar-refractivity contribution in [2.45, 2.75) is 56.3 Å². The van der Waals surface area contributed by atoms with E-state index in [4.69, 9.17) is 14.2 Å². The van der Waals surface area contributed by atoms with Gasteiger partial charge in [-0.05, 0) is 30.5 Å². The molecule has 2 heterocycles. The molecule has 0 aromatic heterocycles. The first-order valence-electron chi connectivity index (χ1n) is 9.58. The molecule has 0 unspecified atom stereocenters. The maximum atomic E-state index is 12.3. The number of hydrogen-bond acceptors (Lipinski definition) is 6. The molecule has 2 aliphatic carbocycles. The van der Waals surface area contributed by atoms with Gasteiger partial charge in [-0.2, -0.15) is 0 Å². The predicted octanol–water partition coefficient (Wildman–Crippen LogP) is 1.45. The number of hydrogen-bond donors (Lipinski definition) is 1. The van der Waals surface area contributed by atoms with E-state index in [1.807, 2.05) is 12.1 Å². The molecule has 1 spiro atoms. The third-order valence-electron chi connectivity index (χ3n) is 6.96. The molecule has 2 aliphatic heterocycles. The zero-order chi connectivity index (χ0) is 19.8. The SMILES string of the molecule is COc1ccc2c3c1O[C@H]1C(OC(C)=O)=CC[C@@]4(O)[C@@H](C2)N(C(C)=O)CC[C@]314. The van der Waals surface area contributed by atoms with Crippen molar-refractivity contribution in [1.82, 2.24) is 4.90 Å². The summed E-state index contributed by atoms with van der Waals surface area (Å²) in [5.41, 5.74) is 0.00996. The number of benzene rings is 1. The van der Waals surface area contributed by atoms with Crippen LogP contribution in [0.2, 0.25) is 0 Å². The van der Waals surface area contributed by atoms with Crippen molar-refractivity contribution in [2.24, 2.45) is 0 Å². The number of piperidine rings is 1. The number of amides is 1. The van der Waals surface area contributed by atoms with Gasteiger partial charge in [-0.3, -0.25) is 9.59 Å². The lowest BCUT2D eigenvalue weighted by atomic mass is 9.50. The van der Waals surface area contributed by atoms with Gasteiger partial charge in [0.15, 0.2) is 17.6 Å². The van der Waals surface area contributed by atoms with Crippen molar-refractivity contribution in [3.05, 3.63) is 35.1 Å². The molecular weight excluding hydrogens is 362 g/mol. The highest BCUT2D eigenvalue weighted by atomic mass is 16.6. The summed E-state index contributed by atoms with van der Waals surface area (Å²) in [7, 11) is 1.58. The quantitative estimate of drug-likeness (QED) is 0.776. The van der Waals surface area contributed by atoms with E-state index in [9.17, 15) is 14.7 Å². The van der Waals surface area contributed by atoms with Crippen molar-refractivity contribution in [2.75, 3.05) is 13.7 Å². The lowest BCUT2D eigenvalue weighted by molar-refractivity contribution is -0.180. The molecule has 0 saturated carbocycles. The molecule has 1 aromatic carbocycles. The molecule has 1 fully saturated rings. The number of carbonyl (C=O) groups excluding carboxylic acids is 2. The normalized spacial score (nSPS) is 34.1. The van der Waals surface area contributed by atoms with Crippen LogP contribution in [0.25, 0.3) is 0 Å². The minimum Gasteiger partial charge on any atom is -0.493 e. The van der Waals surface area contributed by atoms with Gasteiger partial charge in [-0.15, -0.1) is 0 Å². The minimum atomic E-state index is -1.20. The molecule has 1 aromatic rings. The molecule has 2 bridgehead atoms. The summed E-state index contributed by atoms with van der Waals surface area (Å²) in [6, 6.07) is 3.49. The molecule has 0 radical (unpaired) electrons. The van der Waals surface area contributed by atoms with Gasteiger partial charge >= 0.3 is 5.97 Å². The Balaban J connectivity index is 1.78. The highest BCUT2D eigenvalue weighted by Crippen LogP contribution is 2.65. The largest absolute Gasteiger partial charge is 0.493 e. The Morgan fingerprint density at radius 2 is 2.11 bits per heavy atom. The van der Waals surface area contributed by atoms with E-state index in [2.05, 4.69) is 0 Å². The first kappa shape index (κ1) is 17.6. The summed E-state index contributed by atoms with van der Waals surface area (Å²) in [5, 5.41) is 12.0. The zero-order valence-corrected chi connectivity index (χ0v) is 16.2. The van der Waals surface area contributed by atoms with Crippen LogP contribution >= 0.6 is 0 Å². The monoisotopic (exact) mass is 385 g/mol. The second-order valence-corrected chi connectivity index (χ2v) is 8.11. The van der Waals surface area contributed by atoms with Crippen LogP contribution in [0.15, 0.2) is 24.0 Å². The smallest absolute Gasteiger partial charge is 0.307 e. The lowest BCUT2D eigenvalue weighted by Crippen LogP contribution is -2.75. The van der Waals surface area contributed by atoms with Crippen LogP contribution in [0.1, 0.15) is 37.8 Å². The van der Waals surface area contributed by atoms with Gasteiger partial charge in [0.25, 0.3) is 0 Å². The molecule has 28 heavy (non-hydrogen) atoms.